The summed E-state index contributed by atoms with van der Waals surface area (Å²) in [6, 6.07) is 27.1. The average Bonchev–Trinajstić information content (AvgIpc) is 3.33. The first-order valence-electron chi connectivity index (χ1n) is 11.2. The number of nitrogens with zero attached hydrogens (tertiary/aromatic N) is 4. The zero-order valence-corrected chi connectivity index (χ0v) is 18.9. The highest BCUT2D eigenvalue weighted by Crippen LogP contribution is 2.35. The Labute approximate surface area is 196 Å². The summed E-state index contributed by atoms with van der Waals surface area (Å²) in [4.78, 5) is 9.27. The van der Waals surface area contributed by atoms with Crippen LogP contribution in [-0.2, 0) is 5.41 Å². The Morgan fingerprint density at radius 1 is 0.794 bits per heavy atom. The SMILES string of the molecule is CC(C)(C#N)c1ccc(-c2n[nH]c3cnc4ccc(-c5cnc6ccccc6c5)cc4c23)cc1. The Balaban J connectivity index is 1.52. The first kappa shape index (κ1) is 20.1. The summed E-state index contributed by atoms with van der Waals surface area (Å²) < 4.78 is 0. The van der Waals surface area contributed by atoms with Gasteiger partial charge in [0, 0.05) is 33.5 Å². The molecule has 5 nitrogen and oxygen atoms in total. The van der Waals surface area contributed by atoms with Crippen LogP contribution >= 0.6 is 0 Å². The quantitative estimate of drug-likeness (QED) is 0.329. The summed E-state index contributed by atoms with van der Waals surface area (Å²) in [5.74, 6) is 0. The highest BCUT2D eigenvalue weighted by molar-refractivity contribution is 6.11. The van der Waals surface area contributed by atoms with E-state index in [0.29, 0.717) is 0 Å². The Hall–Kier alpha value is -4.56. The van der Waals surface area contributed by atoms with Crippen LogP contribution in [0.2, 0.25) is 0 Å². The van der Waals surface area contributed by atoms with Gasteiger partial charge in [0.25, 0.3) is 0 Å². The van der Waals surface area contributed by atoms with Crippen LogP contribution in [0.25, 0.3) is 55.1 Å². The van der Waals surface area contributed by atoms with Crippen LogP contribution in [0.15, 0.2) is 85.2 Å². The van der Waals surface area contributed by atoms with Crippen molar-refractivity contribution in [3.63, 3.8) is 0 Å². The van der Waals surface area contributed by atoms with E-state index in [1.54, 1.807) is 0 Å². The van der Waals surface area contributed by atoms with Gasteiger partial charge in [-0.05, 0) is 49.2 Å². The zero-order valence-electron chi connectivity index (χ0n) is 18.9. The van der Waals surface area contributed by atoms with Crippen molar-refractivity contribution < 1.29 is 0 Å². The van der Waals surface area contributed by atoms with Crippen LogP contribution in [0.4, 0.5) is 0 Å². The minimum Gasteiger partial charge on any atom is -0.276 e. The zero-order chi connectivity index (χ0) is 23.3. The Morgan fingerprint density at radius 3 is 2.38 bits per heavy atom. The monoisotopic (exact) mass is 439 g/mol. The van der Waals surface area contributed by atoms with Crippen molar-refractivity contribution in [1.29, 1.82) is 5.26 Å². The summed E-state index contributed by atoms with van der Waals surface area (Å²) in [5, 5.41) is 20.4. The van der Waals surface area contributed by atoms with Crippen molar-refractivity contribution in [2.45, 2.75) is 19.3 Å². The van der Waals surface area contributed by atoms with Crippen molar-refractivity contribution in [2.24, 2.45) is 0 Å². The average molecular weight is 440 g/mol. The van der Waals surface area contributed by atoms with Gasteiger partial charge in [-0.15, -0.1) is 0 Å². The first-order valence-corrected chi connectivity index (χ1v) is 11.2. The highest BCUT2D eigenvalue weighted by Gasteiger charge is 2.20. The van der Waals surface area contributed by atoms with E-state index in [1.165, 1.54) is 0 Å². The Bertz CT molecular complexity index is 1740. The van der Waals surface area contributed by atoms with Gasteiger partial charge >= 0.3 is 0 Å². The molecule has 0 saturated heterocycles. The molecule has 0 bridgehead atoms. The van der Waals surface area contributed by atoms with Gasteiger partial charge < -0.3 is 0 Å². The van der Waals surface area contributed by atoms with E-state index in [-0.39, 0.29) is 0 Å². The van der Waals surface area contributed by atoms with Gasteiger partial charge in [-0.2, -0.15) is 10.4 Å². The molecule has 5 heteroatoms. The fourth-order valence-electron chi connectivity index (χ4n) is 4.43. The lowest BCUT2D eigenvalue weighted by Gasteiger charge is -2.15. The molecule has 0 aliphatic rings. The van der Waals surface area contributed by atoms with Crippen LogP contribution in [-0.4, -0.2) is 20.2 Å². The fraction of sp³-hybridized carbons (Fsp3) is 0.103. The molecule has 3 heterocycles. The van der Waals surface area contributed by atoms with E-state index in [9.17, 15) is 5.26 Å². The molecule has 0 aliphatic heterocycles. The van der Waals surface area contributed by atoms with Gasteiger partial charge in [-0.25, -0.2) is 0 Å². The molecule has 3 aromatic carbocycles. The van der Waals surface area contributed by atoms with E-state index in [0.717, 1.165) is 60.7 Å². The number of aromatic nitrogens is 4. The van der Waals surface area contributed by atoms with Gasteiger partial charge in [-0.1, -0.05) is 48.5 Å². The maximum absolute atomic E-state index is 9.46. The lowest BCUT2D eigenvalue weighted by molar-refractivity contribution is 0.687. The largest absolute Gasteiger partial charge is 0.276 e. The minimum absolute atomic E-state index is 0.536. The second-order valence-electron chi connectivity index (χ2n) is 9.08. The summed E-state index contributed by atoms with van der Waals surface area (Å²) in [6.07, 6.45) is 3.75. The molecule has 6 aromatic rings. The molecule has 0 spiro atoms. The van der Waals surface area contributed by atoms with Crippen LogP contribution in [0.1, 0.15) is 19.4 Å². The smallest absolute Gasteiger partial charge is 0.101 e. The van der Waals surface area contributed by atoms with Gasteiger partial charge in [-0.3, -0.25) is 15.1 Å². The molecule has 0 unspecified atom stereocenters. The number of H-pyrrole nitrogens is 1. The number of pyridine rings is 2. The second-order valence-corrected chi connectivity index (χ2v) is 9.08. The molecule has 6 rings (SSSR count). The molecule has 1 N–H and O–H groups in total. The number of benzene rings is 3. The molecule has 0 atom stereocenters. The van der Waals surface area contributed by atoms with Crippen molar-refractivity contribution in [3.05, 3.63) is 90.8 Å². The second kappa shape index (κ2) is 7.50. The van der Waals surface area contributed by atoms with E-state index in [1.807, 2.05) is 68.7 Å². The molecule has 0 saturated carbocycles. The van der Waals surface area contributed by atoms with Crippen molar-refractivity contribution in [2.75, 3.05) is 0 Å². The summed E-state index contributed by atoms with van der Waals surface area (Å²) in [7, 11) is 0. The normalized spacial score (nSPS) is 11.8. The number of para-hydroxylation sites is 1. The molecule has 0 aliphatic carbocycles. The van der Waals surface area contributed by atoms with Crippen LogP contribution in [0, 0.1) is 11.3 Å². The first-order chi connectivity index (χ1) is 16.5. The summed E-state index contributed by atoms with van der Waals surface area (Å²) in [5.41, 5.74) is 7.24. The topological polar surface area (TPSA) is 78.2 Å². The number of nitrogens with one attached hydrogen (secondary N) is 1. The number of hydrogen-bond donors (Lipinski definition) is 1. The number of rotatable bonds is 3. The summed E-state index contributed by atoms with van der Waals surface area (Å²) in [6.45, 7) is 3.85. The standard InChI is InChI=1S/C29H21N5/c1-29(2,17-30)22-10-7-18(8-11-22)28-27-23-14-19(9-12-25(23)32-16-26(27)33-34-28)21-13-20-5-3-4-6-24(20)31-15-21/h3-16H,1-2H3,(H,33,34). The van der Waals surface area contributed by atoms with Gasteiger partial charge in [0.2, 0.25) is 0 Å². The third-order valence-corrected chi connectivity index (χ3v) is 6.48. The molecule has 0 amide bonds. The Kier molecular flexibility index (Phi) is 4.43. The molecule has 3 aromatic heterocycles. The van der Waals surface area contributed by atoms with E-state index < -0.39 is 5.41 Å². The van der Waals surface area contributed by atoms with Gasteiger partial charge in [0.05, 0.1) is 34.2 Å². The van der Waals surface area contributed by atoms with Gasteiger partial charge in [0.15, 0.2) is 0 Å². The third kappa shape index (κ3) is 3.20. The van der Waals surface area contributed by atoms with Crippen molar-refractivity contribution in [3.8, 4) is 28.5 Å². The molecule has 0 fully saturated rings. The number of aromatic amines is 1. The maximum Gasteiger partial charge on any atom is 0.101 e. The van der Waals surface area contributed by atoms with Crippen LogP contribution < -0.4 is 0 Å². The van der Waals surface area contributed by atoms with Crippen molar-refractivity contribution in [1.82, 2.24) is 20.2 Å². The fourth-order valence-corrected chi connectivity index (χ4v) is 4.43. The molecule has 34 heavy (non-hydrogen) atoms. The number of hydrogen-bond acceptors (Lipinski definition) is 4. The van der Waals surface area contributed by atoms with Gasteiger partial charge in [0.1, 0.15) is 5.69 Å². The predicted molar refractivity (Wildman–Crippen MR) is 136 cm³/mol. The van der Waals surface area contributed by atoms with E-state index >= 15 is 0 Å². The van der Waals surface area contributed by atoms with E-state index in [4.69, 9.17) is 0 Å². The minimum atomic E-state index is -0.536. The number of nitriles is 1. The molecule has 162 valence electrons. The van der Waals surface area contributed by atoms with Crippen LogP contribution in [0.5, 0.6) is 0 Å². The molecule has 0 radical (unpaired) electrons. The van der Waals surface area contributed by atoms with E-state index in [2.05, 4.69) is 56.6 Å². The summed E-state index contributed by atoms with van der Waals surface area (Å²) >= 11 is 0. The Morgan fingerprint density at radius 2 is 1.56 bits per heavy atom. The number of fused-ring (bicyclic) bond motifs is 4. The maximum atomic E-state index is 9.46. The lowest BCUT2D eigenvalue weighted by atomic mass is 9.86. The molecular formula is C29H21N5. The molecular weight excluding hydrogens is 418 g/mol. The third-order valence-electron chi connectivity index (χ3n) is 6.48. The van der Waals surface area contributed by atoms with Crippen molar-refractivity contribution >= 4 is 32.7 Å². The predicted octanol–water partition coefficient (Wildman–Crippen LogP) is 6.79. The van der Waals surface area contributed by atoms with Crippen LogP contribution in [0.3, 0.4) is 0 Å². The lowest BCUT2D eigenvalue weighted by Crippen LogP contribution is -2.13. The highest BCUT2D eigenvalue weighted by atomic mass is 15.1.